The summed E-state index contributed by atoms with van der Waals surface area (Å²) in [6.07, 6.45) is -2.57. The molecule has 0 spiro atoms. The zero-order valence-corrected chi connectivity index (χ0v) is 14.0. The smallest absolute Gasteiger partial charge is 0.308 e. The number of hydrogen-bond acceptors (Lipinski definition) is 5. The fourth-order valence-corrected chi connectivity index (χ4v) is 3.10. The van der Waals surface area contributed by atoms with E-state index in [-0.39, 0.29) is 11.3 Å². The molecule has 1 aliphatic heterocycles. The Labute approximate surface area is 151 Å². The molecule has 0 saturated carbocycles. The Hall–Kier alpha value is -3.07. The van der Waals surface area contributed by atoms with Gasteiger partial charge in [-0.1, -0.05) is 24.3 Å². The molecule has 6 nitrogen and oxygen atoms in total. The lowest BCUT2D eigenvalue weighted by atomic mass is 10.1. The molecule has 2 aromatic heterocycles. The Kier molecular flexibility index (Phi) is 4.23. The highest BCUT2D eigenvalue weighted by molar-refractivity contribution is 5.56. The number of nitrogens with one attached hydrogen (secondary N) is 1. The Bertz CT molecular complexity index is 1010. The van der Waals surface area contributed by atoms with E-state index < -0.39 is 17.7 Å². The molecular weight excluding hydrogens is 359 g/mol. The third-order valence-electron chi connectivity index (χ3n) is 4.30. The van der Waals surface area contributed by atoms with Crippen LogP contribution in [-0.2, 0) is 25.8 Å². The van der Waals surface area contributed by atoms with Crippen molar-refractivity contribution in [1.29, 1.82) is 0 Å². The van der Waals surface area contributed by atoms with Gasteiger partial charge in [0.2, 0.25) is 5.82 Å². The predicted molar refractivity (Wildman–Crippen MR) is 90.3 cm³/mol. The predicted octanol–water partition coefficient (Wildman–Crippen LogP) is 2.76. The quantitative estimate of drug-likeness (QED) is 0.764. The van der Waals surface area contributed by atoms with E-state index in [0.717, 1.165) is 25.5 Å². The monoisotopic (exact) mass is 373 g/mol. The Morgan fingerprint density at radius 2 is 1.70 bits per heavy atom. The molecule has 0 saturated heterocycles. The van der Waals surface area contributed by atoms with Gasteiger partial charge in [-0.15, -0.1) is 0 Å². The van der Waals surface area contributed by atoms with Crippen LogP contribution < -0.4 is 5.69 Å². The van der Waals surface area contributed by atoms with Gasteiger partial charge in [-0.05, 0) is 17.2 Å². The molecule has 138 valence electrons. The molecule has 0 unspecified atom stereocenters. The standard InChI is InChI=1S/C18H14F3N5O/c19-18(20,21)16-22-6-13(7-23-16)15-5-14(24-17(27)25-15)10-26-8-11-3-1-2-4-12(11)9-26/h1-7H,8-10H2,(H,24,25,27). The van der Waals surface area contributed by atoms with Crippen molar-refractivity contribution in [3.8, 4) is 11.3 Å². The van der Waals surface area contributed by atoms with Crippen molar-refractivity contribution >= 4 is 0 Å². The van der Waals surface area contributed by atoms with Crippen LogP contribution in [0.4, 0.5) is 13.2 Å². The summed E-state index contributed by atoms with van der Waals surface area (Å²) in [5.41, 5.74) is 3.02. The maximum absolute atomic E-state index is 12.6. The minimum absolute atomic E-state index is 0.235. The van der Waals surface area contributed by atoms with Crippen molar-refractivity contribution in [3.63, 3.8) is 0 Å². The largest absolute Gasteiger partial charge is 0.451 e. The average Bonchev–Trinajstić information content (AvgIpc) is 3.03. The van der Waals surface area contributed by atoms with Gasteiger partial charge in [0, 0.05) is 43.3 Å². The van der Waals surface area contributed by atoms with Gasteiger partial charge < -0.3 is 4.98 Å². The van der Waals surface area contributed by atoms with Gasteiger partial charge in [-0.3, -0.25) is 4.90 Å². The molecule has 27 heavy (non-hydrogen) atoms. The van der Waals surface area contributed by atoms with E-state index in [1.165, 1.54) is 11.1 Å². The van der Waals surface area contributed by atoms with Gasteiger partial charge >= 0.3 is 11.9 Å². The lowest BCUT2D eigenvalue weighted by Crippen LogP contribution is -2.21. The van der Waals surface area contributed by atoms with E-state index in [2.05, 4.69) is 37.0 Å². The van der Waals surface area contributed by atoms with Crippen molar-refractivity contribution in [2.24, 2.45) is 0 Å². The van der Waals surface area contributed by atoms with Crippen LogP contribution in [0.2, 0.25) is 0 Å². The summed E-state index contributed by atoms with van der Waals surface area (Å²) in [6.45, 7) is 2.01. The molecule has 0 amide bonds. The number of halogens is 3. The summed E-state index contributed by atoms with van der Waals surface area (Å²) in [5, 5.41) is 0. The highest BCUT2D eigenvalue weighted by Gasteiger charge is 2.34. The third kappa shape index (κ3) is 3.72. The number of alkyl halides is 3. The SMILES string of the molecule is O=c1nc(-c2cnc(C(F)(F)F)nc2)cc(CN2Cc3ccccc3C2)[nH]1. The number of nitrogens with zero attached hydrogens (tertiary/aromatic N) is 4. The number of aromatic nitrogens is 4. The second-order valence-corrected chi connectivity index (χ2v) is 6.30. The third-order valence-corrected chi connectivity index (χ3v) is 4.30. The fraction of sp³-hybridized carbons (Fsp3) is 0.222. The molecular formula is C18H14F3N5O. The van der Waals surface area contributed by atoms with Crippen LogP contribution in [0.3, 0.4) is 0 Å². The van der Waals surface area contributed by atoms with Crippen LogP contribution in [0.15, 0.2) is 47.5 Å². The Morgan fingerprint density at radius 3 is 2.30 bits per heavy atom. The van der Waals surface area contributed by atoms with Gasteiger partial charge in [-0.25, -0.2) is 14.8 Å². The molecule has 3 heterocycles. The minimum Gasteiger partial charge on any atom is -0.308 e. The normalized spacial score (nSPS) is 14.3. The minimum atomic E-state index is -4.62. The highest BCUT2D eigenvalue weighted by atomic mass is 19.4. The molecule has 9 heteroatoms. The Morgan fingerprint density at radius 1 is 1.07 bits per heavy atom. The van der Waals surface area contributed by atoms with E-state index in [9.17, 15) is 18.0 Å². The molecule has 0 bridgehead atoms. The summed E-state index contributed by atoms with van der Waals surface area (Å²) >= 11 is 0. The van der Waals surface area contributed by atoms with Crippen LogP contribution in [0.25, 0.3) is 11.3 Å². The topological polar surface area (TPSA) is 74.8 Å². The van der Waals surface area contributed by atoms with Crippen molar-refractivity contribution in [2.75, 3.05) is 0 Å². The van der Waals surface area contributed by atoms with E-state index in [0.29, 0.717) is 12.2 Å². The maximum Gasteiger partial charge on any atom is 0.451 e. The number of benzene rings is 1. The molecule has 1 aliphatic rings. The molecule has 0 aliphatic carbocycles. The lowest BCUT2D eigenvalue weighted by molar-refractivity contribution is -0.144. The molecule has 4 rings (SSSR count). The van der Waals surface area contributed by atoms with Crippen LogP contribution in [-0.4, -0.2) is 24.8 Å². The molecule has 1 aromatic carbocycles. The zero-order chi connectivity index (χ0) is 19.0. The highest BCUT2D eigenvalue weighted by Crippen LogP contribution is 2.27. The molecule has 0 fully saturated rings. The number of fused-ring (bicyclic) bond motifs is 1. The average molecular weight is 373 g/mol. The van der Waals surface area contributed by atoms with E-state index >= 15 is 0 Å². The summed E-state index contributed by atoms with van der Waals surface area (Å²) < 4.78 is 37.8. The van der Waals surface area contributed by atoms with Gasteiger partial charge in [0.25, 0.3) is 0 Å². The first-order chi connectivity index (χ1) is 12.9. The summed E-state index contributed by atoms with van der Waals surface area (Å²) in [5.74, 6) is -1.23. The number of aromatic amines is 1. The fourth-order valence-electron chi connectivity index (χ4n) is 3.10. The summed E-state index contributed by atoms with van der Waals surface area (Å²) in [4.78, 5) is 27.2. The van der Waals surface area contributed by atoms with Crippen molar-refractivity contribution in [1.82, 2.24) is 24.8 Å². The van der Waals surface area contributed by atoms with Crippen LogP contribution >= 0.6 is 0 Å². The van der Waals surface area contributed by atoms with Crippen molar-refractivity contribution < 1.29 is 13.2 Å². The second kappa shape index (κ2) is 6.58. The number of H-pyrrole nitrogens is 1. The summed E-state index contributed by atoms with van der Waals surface area (Å²) in [7, 11) is 0. The van der Waals surface area contributed by atoms with Crippen molar-refractivity contribution in [3.05, 3.63) is 75.9 Å². The van der Waals surface area contributed by atoms with Gasteiger partial charge in [0.1, 0.15) is 0 Å². The zero-order valence-electron chi connectivity index (χ0n) is 14.0. The van der Waals surface area contributed by atoms with Crippen LogP contribution in [0, 0.1) is 0 Å². The molecule has 1 N–H and O–H groups in total. The van der Waals surface area contributed by atoms with E-state index in [4.69, 9.17) is 0 Å². The maximum atomic E-state index is 12.6. The lowest BCUT2D eigenvalue weighted by Gasteiger charge is -2.15. The van der Waals surface area contributed by atoms with E-state index in [1.54, 1.807) is 6.07 Å². The first kappa shape index (κ1) is 17.3. The Balaban J connectivity index is 1.56. The molecule has 0 radical (unpaired) electrons. The molecule has 3 aromatic rings. The van der Waals surface area contributed by atoms with Crippen molar-refractivity contribution in [2.45, 2.75) is 25.8 Å². The molecule has 0 atom stereocenters. The number of hydrogen-bond donors (Lipinski definition) is 1. The number of rotatable bonds is 3. The van der Waals surface area contributed by atoms with Crippen LogP contribution in [0.1, 0.15) is 22.6 Å². The van der Waals surface area contributed by atoms with Crippen LogP contribution in [0.5, 0.6) is 0 Å². The second-order valence-electron chi connectivity index (χ2n) is 6.30. The first-order valence-corrected chi connectivity index (χ1v) is 8.17. The van der Waals surface area contributed by atoms with E-state index in [1.807, 2.05) is 12.1 Å². The van der Waals surface area contributed by atoms with Gasteiger partial charge in [0.15, 0.2) is 0 Å². The summed E-state index contributed by atoms with van der Waals surface area (Å²) in [6, 6.07) is 9.74. The van der Waals surface area contributed by atoms with Gasteiger partial charge in [0.05, 0.1) is 5.69 Å². The first-order valence-electron chi connectivity index (χ1n) is 8.17. The van der Waals surface area contributed by atoms with Gasteiger partial charge in [-0.2, -0.15) is 18.2 Å².